The molecule has 2 rings (SSSR count). The van der Waals surface area contributed by atoms with E-state index in [0.717, 1.165) is 65.1 Å². The van der Waals surface area contributed by atoms with Crippen molar-refractivity contribution in [3.8, 4) is 0 Å². The highest BCUT2D eigenvalue weighted by Crippen LogP contribution is 2.13. The third-order valence-electron chi connectivity index (χ3n) is 3.99. The van der Waals surface area contributed by atoms with E-state index in [-0.39, 0.29) is 0 Å². The minimum absolute atomic E-state index is 0.290. The summed E-state index contributed by atoms with van der Waals surface area (Å²) in [5.41, 5.74) is 0. The Labute approximate surface area is 116 Å². The number of hydrogen-bond acceptors (Lipinski definition) is 4. The molecule has 0 aromatic heterocycles. The maximum Gasteiger partial charge on any atom is 0.236 e. The van der Waals surface area contributed by atoms with E-state index < -0.39 is 0 Å². The van der Waals surface area contributed by atoms with Crippen LogP contribution in [-0.4, -0.2) is 74.2 Å². The average molecular weight is 269 g/mol. The maximum absolute atomic E-state index is 12.3. The number of rotatable bonds is 4. The van der Waals surface area contributed by atoms with Crippen LogP contribution in [0.15, 0.2) is 0 Å². The lowest BCUT2D eigenvalue weighted by molar-refractivity contribution is -0.132. The van der Waals surface area contributed by atoms with Gasteiger partial charge in [-0.2, -0.15) is 0 Å². The van der Waals surface area contributed by atoms with Crippen molar-refractivity contribution in [2.45, 2.75) is 32.3 Å². The molecule has 2 aliphatic rings. The number of piperidine rings is 1. The summed E-state index contributed by atoms with van der Waals surface area (Å²) in [6, 6.07) is 0. The summed E-state index contributed by atoms with van der Waals surface area (Å²) in [7, 11) is 0. The number of hydrogen-bond donors (Lipinski definition) is 1. The number of carbonyl (C=O) groups is 1. The Hall–Kier alpha value is -0.650. The van der Waals surface area contributed by atoms with E-state index in [0.29, 0.717) is 18.6 Å². The van der Waals surface area contributed by atoms with Crippen LogP contribution < -0.4 is 5.32 Å². The first-order valence-electron chi connectivity index (χ1n) is 7.62. The zero-order chi connectivity index (χ0) is 13.5. The van der Waals surface area contributed by atoms with Crippen LogP contribution in [0, 0.1) is 0 Å². The van der Waals surface area contributed by atoms with Gasteiger partial charge in [-0.05, 0) is 32.7 Å². The lowest BCUT2D eigenvalue weighted by atomic mass is 10.1. The molecule has 0 aromatic rings. The second-order valence-corrected chi connectivity index (χ2v) is 5.42. The van der Waals surface area contributed by atoms with Crippen LogP contribution in [0.25, 0.3) is 0 Å². The van der Waals surface area contributed by atoms with E-state index >= 15 is 0 Å². The molecule has 2 fully saturated rings. The van der Waals surface area contributed by atoms with Gasteiger partial charge in [-0.1, -0.05) is 0 Å². The smallest absolute Gasteiger partial charge is 0.236 e. The van der Waals surface area contributed by atoms with E-state index in [4.69, 9.17) is 4.74 Å². The number of carbonyl (C=O) groups excluding carboxylic acids is 1. The third-order valence-corrected chi connectivity index (χ3v) is 3.99. The van der Waals surface area contributed by atoms with E-state index in [9.17, 15) is 4.79 Å². The van der Waals surface area contributed by atoms with E-state index in [2.05, 4.69) is 10.2 Å². The Morgan fingerprint density at radius 3 is 2.74 bits per heavy atom. The first-order valence-corrected chi connectivity index (χ1v) is 7.62. The molecule has 1 amide bonds. The quantitative estimate of drug-likeness (QED) is 0.798. The first kappa shape index (κ1) is 14.8. The largest absolute Gasteiger partial charge is 0.378 e. The van der Waals surface area contributed by atoms with Gasteiger partial charge in [0.1, 0.15) is 0 Å². The lowest BCUT2D eigenvalue weighted by Crippen LogP contribution is -2.45. The van der Waals surface area contributed by atoms with Crippen LogP contribution >= 0.6 is 0 Å². The van der Waals surface area contributed by atoms with E-state index in [1.165, 1.54) is 0 Å². The van der Waals surface area contributed by atoms with Crippen molar-refractivity contribution in [2.24, 2.45) is 0 Å². The van der Waals surface area contributed by atoms with E-state index in [1.807, 2.05) is 11.8 Å². The molecule has 0 aromatic carbocycles. The van der Waals surface area contributed by atoms with Crippen LogP contribution in [0.2, 0.25) is 0 Å². The van der Waals surface area contributed by atoms with Crippen molar-refractivity contribution >= 4 is 5.91 Å². The van der Waals surface area contributed by atoms with Crippen LogP contribution in [0.3, 0.4) is 0 Å². The molecular formula is C14H27N3O2. The average Bonchev–Trinajstić information content (AvgIpc) is 2.70. The van der Waals surface area contributed by atoms with Crippen molar-refractivity contribution < 1.29 is 9.53 Å². The molecule has 110 valence electrons. The molecule has 0 bridgehead atoms. The highest BCUT2D eigenvalue weighted by Gasteiger charge is 2.23. The summed E-state index contributed by atoms with van der Waals surface area (Å²) in [5.74, 6) is 0.290. The molecule has 0 saturated carbocycles. The van der Waals surface area contributed by atoms with Gasteiger partial charge in [0.05, 0.1) is 12.6 Å². The molecule has 2 heterocycles. The van der Waals surface area contributed by atoms with Crippen LogP contribution in [0.5, 0.6) is 0 Å². The number of nitrogens with zero attached hydrogens (tertiary/aromatic N) is 2. The molecule has 1 N–H and O–H groups in total. The Balaban J connectivity index is 1.70. The molecule has 2 aliphatic heterocycles. The Bertz CT molecular complexity index is 270. The fourth-order valence-electron chi connectivity index (χ4n) is 2.86. The number of nitrogens with one attached hydrogen (secondary N) is 1. The van der Waals surface area contributed by atoms with Crippen LogP contribution in [0.4, 0.5) is 0 Å². The zero-order valence-electron chi connectivity index (χ0n) is 12.1. The third kappa shape index (κ3) is 4.75. The zero-order valence-corrected chi connectivity index (χ0v) is 12.1. The fraction of sp³-hybridized carbons (Fsp3) is 0.929. The molecule has 5 nitrogen and oxygen atoms in total. The Kier molecular flexibility index (Phi) is 6.07. The Morgan fingerprint density at radius 2 is 2.00 bits per heavy atom. The van der Waals surface area contributed by atoms with Gasteiger partial charge >= 0.3 is 0 Å². The van der Waals surface area contributed by atoms with Crippen LogP contribution in [-0.2, 0) is 9.53 Å². The molecule has 5 heteroatoms. The SMILES string of the molecule is CCOC1CCN(CC(=O)N2CCCNCC2)CC1. The minimum atomic E-state index is 0.290. The van der Waals surface area contributed by atoms with Crippen molar-refractivity contribution in [1.29, 1.82) is 0 Å². The molecule has 19 heavy (non-hydrogen) atoms. The fourth-order valence-corrected chi connectivity index (χ4v) is 2.86. The minimum Gasteiger partial charge on any atom is -0.378 e. The van der Waals surface area contributed by atoms with Crippen molar-refractivity contribution in [2.75, 3.05) is 52.4 Å². The monoisotopic (exact) mass is 269 g/mol. The number of likely N-dealkylation sites (tertiary alicyclic amines) is 1. The van der Waals surface area contributed by atoms with Gasteiger partial charge in [-0.15, -0.1) is 0 Å². The molecule has 0 unspecified atom stereocenters. The summed E-state index contributed by atoms with van der Waals surface area (Å²) in [4.78, 5) is 16.5. The molecule has 0 radical (unpaired) electrons. The molecule has 2 saturated heterocycles. The van der Waals surface area contributed by atoms with E-state index in [1.54, 1.807) is 0 Å². The van der Waals surface area contributed by atoms with Crippen molar-refractivity contribution in [3.63, 3.8) is 0 Å². The van der Waals surface area contributed by atoms with Gasteiger partial charge in [0.25, 0.3) is 0 Å². The first-order chi connectivity index (χ1) is 9.29. The maximum atomic E-state index is 12.3. The summed E-state index contributed by atoms with van der Waals surface area (Å²) < 4.78 is 5.64. The molecular weight excluding hydrogens is 242 g/mol. The van der Waals surface area contributed by atoms with Crippen molar-refractivity contribution in [1.82, 2.24) is 15.1 Å². The molecule has 0 spiro atoms. The highest BCUT2D eigenvalue weighted by molar-refractivity contribution is 5.78. The summed E-state index contributed by atoms with van der Waals surface area (Å²) >= 11 is 0. The normalized spacial score (nSPS) is 23.3. The lowest BCUT2D eigenvalue weighted by Gasteiger charge is -2.32. The van der Waals surface area contributed by atoms with Gasteiger partial charge < -0.3 is 15.0 Å². The second kappa shape index (κ2) is 7.82. The van der Waals surface area contributed by atoms with Crippen LogP contribution in [0.1, 0.15) is 26.2 Å². The summed E-state index contributed by atoms with van der Waals surface area (Å²) in [5, 5.41) is 3.33. The molecule has 0 aliphatic carbocycles. The standard InChI is InChI=1S/C14H27N3O2/c1-2-19-13-4-9-16(10-5-13)12-14(18)17-8-3-6-15-7-11-17/h13,15H,2-12H2,1H3. The predicted octanol–water partition coefficient (Wildman–Crippen LogP) is 0.309. The topological polar surface area (TPSA) is 44.8 Å². The van der Waals surface area contributed by atoms with Crippen molar-refractivity contribution in [3.05, 3.63) is 0 Å². The molecule has 0 atom stereocenters. The summed E-state index contributed by atoms with van der Waals surface area (Å²) in [6.45, 7) is 9.12. The number of amides is 1. The highest BCUT2D eigenvalue weighted by atomic mass is 16.5. The summed E-state index contributed by atoms with van der Waals surface area (Å²) in [6.07, 6.45) is 3.59. The van der Waals surface area contributed by atoms with Gasteiger partial charge in [-0.25, -0.2) is 0 Å². The Morgan fingerprint density at radius 1 is 1.21 bits per heavy atom. The number of ether oxygens (including phenoxy) is 1. The second-order valence-electron chi connectivity index (χ2n) is 5.42. The van der Waals surface area contributed by atoms with Gasteiger partial charge in [-0.3, -0.25) is 9.69 Å². The van der Waals surface area contributed by atoms with Gasteiger partial charge in [0, 0.05) is 39.3 Å². The predicted molar refractivity (Wildman–Crippen MR) is 75.2 cm³/mol. The van der Waals surface area contributed by atoms with Gasteiger partial charge in [0.2, 0.25) is 5.91 Å². The van der Waals surface area contributed by atoms with Gasteiger partial charge in [0.15, 0.2) is 0 Å².